The van der Waals surface area contributed by atoms with Gasteiger partial charge < -0.3 is 9.42 Å². The average molecular weight is 327 g/mol. The molecule has 5 heteroatoms. The van der Waals surface area contributed by atoms with Crippen molar-refractivity contribution in [3.8, 4) is 0 Å². The van der Waals surface area contributed by atoms with Crippen LogP contribution in [0.4, 0.5) is 0 Å². The molecule has 5 nitrogen and oxygen atoms in total. The van der Waals surface area contributed by atoms with E-state index in [-0.39, 0.29) is 11.9 Å². The molecule has 0 unspecified atom stereocenters. The Morgan fingerprint density at radius 3 is 2.79 bits per heavy atom. The molecule has 3 rings (SSSR count). The number of hydrogen-bond acceptors (Lipinski definition) is 4. The number of aryl methyl sites for hydroxylation is 1. The maximum atomic E-state index is 12.7. The van der Waals surface area contributed by atoms with E-state index in [2.05, 4.69) is 41.2 Å². The summed E-state index contributed by atoms with van der Waals surface area (Å²) < 4.78 is 5.05. The third kappa shape index (κ3) is 3.36. The number of amides is 1. The lowest BCUT2D eigenvalue weighted by molar-refractivity contribution is 0.0678. The number of carbonyl (C=O) groups excluding carboxylic acids is 1. The molecule has 1 fully saturated rings. The minimum absolute atomic E-state index is 0.0337. The maximum Gasteiger partial charge on any atom is 0.276 e. The fraction of sp³-hybridized carbons (Fsp3) is 0.474. The van der Waals surface area contributed by atoms with Gasteiger partial charge in [-0.1, -0.05) is 35.5 Å². The first kappa shape index (κ1) is 16.7. The Morgan fingerprint density at radius 1 is 1.42 bits per heavy atom. The molecule has 1 aromatic carbocycles. The van der Waals surface area contributed by atoms with Crippen LogP contribution in [0.1, 0.15) is 48.1 Å². The van der Waals surface area contributed by atoms with Crippen LogP contribution >= 0.6 is 0 Å². The molecule has 2 heterocycles. The van der Waals surface area contributed by atoms with E-state index < -0.39 is 0 Å². The summed E-state index contributed by atoms with van der Waals surface area (Å²) in [6.07, 6.45) is 0.994. The second kappa shape index (κ2) is 7.18. The summed E-state index contributed by atoms with van der Waals surface area (Å²) in [4.78, 5) is 17.1. The zero-order chi connectivity index (χ0) is 17.1. The summed E-state index contributed by atoms with van der Waals surface area (Å²) in [5, 5.41) is 3.88. The van der Waals surface area contributed by atoms with Gasteiger partial charge >= 0.3 is 0 Å². The van der Waals surface area contributed by atoms with Gasteiger partial charge in [-0.15, -0.1) is 0 Å². The highest BCUT2D eigenvalue weighted by Gasteiger charge is 2.33. The normalized spacial score (nSPS) is 19.4. The maximum absolute atomic E-state index is 12.7. The molecule has 1 aromatic heterocycles. The molecule has 2 aromatic rings. The molecule has 0 radical (unpaired) electrons. The quantitative estimate of drug-likeness (QED) is 0.845. The Morgan fingerprint density at radius 2 is 2.17 bits per heavy atom. The molecule has 1 aliphatic heterocycles. The van der Waals surface area contributed by atoms with Crippen molar-refractivity contribution < 1.29 is 9.32 Å². The van der Waals surface area contributed by atoms with Gasteiger partial charge in [0.2, 0.25) is 0 Å². The topological polar surface area (TPSA) is 49.6 Å². The van der Waals surface area contributed by atoms with Crippen LogP contribution in [-0.2, 0) is 0 Å². The third-order valence-electron chi connectivity index (χ3n) is 4.91. The van der Waals surface area contributed by atoms with Crippen LogP contribution in [0.3, 0.4) is 0 Å². The number of aromatic nitrogens is 1. The van der Waals surface area contributed by atoms with E-state index in [0.29, 0.717) is 24.0 Å². The van der Waals surface area contributed by atoms with Gasteiger partial charge in [0.25, 0.3) is 5.91 Å². The zero-order valence-corrected chi connectivity index (χ0v) is 14.6. The van der Waals surface area contributed by atoms with Crippen molar-refractivity contribution in [1.82, 2.24) is 15.0 Å². The Bertz CT molecular complexity index is 683. The fourth-order valence-corrected chi connectivity index (χ4v) is 3.50. The van der Waals surface area contributed by atoms with E-state index in [1.807, 2.05) is 17.9 Å². The largest absolute Gasteiger partial charge is 0.361 e. The number of benzene rings is 1. The SMILES string of the molecule is CCN(C(=O)c1cc(C)on1)[C@@H]1CCN([C@@H](C)c2ccccc2)C1. The van der Waals surface area contributed by atoms with Crippen LogP contribution in [-0.4, -0.2) is 46.5 Å². The van der Waals surface area contributed by atoms with Crippen molar-refractivity contribution in [2.45, 2.75) is 39.3 Å². The Kier molecular flexibility index (Phi) is 5.00. The highest BCUT2D eigenvalue weighted by Crippen LogP contribution is 2.27. The Hall–Kier alpha value is -2.14. The van der Waals surface area contributed by atoms with E-state index in [0.717, 1.165) is 19.5 Å². The van der Waals surface area contributed by atoms with Crippen LogP contribution in [0.15, 0.2) is 40.9 Å². The van der Waals surface area contributed by atoms with Crippen molar-refractivity contribution in [1.29, 1.82) is 0 Å². The lowest BCUT2D eigenvalue weighted by Crippen LogP contribution is -2.42. The molecular weight excluding hydrogens is 302 g/mol. The van der Waals surface area contributed by atoms with Gasteiger partial charge in [0, 0.05) is 37.8 Å². The summed E-state index contributed by atoms with van der Waals surface area (Å²) >= 11 is 0. The van der Waals surface area contributed by atoms with Gasteiger partial charge in [-0.3, -0.25) is 9.69 Å². The summed E-state index contributed by atoms with van der Waals surface area (Å²) in [6, 6.07) is 12.8. The summed E-state index contributed by atoms with van der Waals surface area (Å²) in [5.74, 6) is 0.633. The molecule has 128 valence electrons. The second-order valence-corrected chi connectivity index (χ2v) is 6.44. The molecule has 0 spiro atoms. The van der Waals surface area contributed by atoms with E-state index in [1.165, 1.54) is 5.56 Å². The van der Waals surface area contributed by atoms with Crippen LogP contribution in [0.25, 0.3) is 0 Å². The molecule has 2 atom stereocenters. The van der Waals surface area contributed by atoms with E-state index >= 15 is 0 Å². The van der Waals surface area contributed by atoms with Crippen LogP contribution in [0.2, 0.25) is 0 Å². The standard InChI is InChI=1S/C19H25N3O2/c1-4-22(19(23)18-12-14(2)24-20-18)17-10-11-21(13-17)15(3)16-8-6-5-7-9-16/h5-9,12,15,17H,4,10-11,13H2,1-3H3/t15-,17+/m0/s1. The predicted molar refractivity (Wildman–Crippen MR) is 92.8 cm³/mol. The van der Waals surface area contributed by atoms with Crippen molar-refractivity contribution in [2.24, 2.45) is 0 Å². The van der Waals surface area contributed by atoms with Crippen LogP contribution < -0.4 is 0 Å². The molecule has 1 saturated heterocycles. The Labute approximate surface area is 143 Å². The first-order chi connectivity index (χ1) is 11.6. The number of carbonyl (C=O) groups is 1. The molecule has 0 N–H and O–H groups in total. The van der Waals surface area contributed by atoms with Crippen molar-refractivity contribution in [2.75, 3.05) is 19.6 Å². The van der Waals surface area contributed by atoms with Crippen molar-refractivity contribution >= 4 is 5.91 Å². The van der Waals surface area contributed by atoms with Gasteiger partial charge in [0.15, 0.2) is 5.69 Å². The van der Waals surface area contributed by atoms with E-state index in [4.69, 9.17) is 4.52 Å². The fourth-order valence-electron chi connectivity index (χ4n) is 3.50. The third-order valence-corrected chi connectivity index (χ3v) is 4.91. The molecule has 0 aliphatic carbocycles. The van der Waals surface area contributed by atoms with Gasteiger partial charge in [0.1, 0.15) is 5.76 Å². The smallest absolute Gasteiger partial charge is 0.276 e. The van der Waals surface area contributed by atoms with Gasteiger partial charge in [0.05, 0.1) is 0 Å². The lowest BCUT2D eigenvalue weighted by Gasteiger charge is -2.29. The highest BCUT2D eigenvalue weighted by molar-refractivity contribution is 5.92. The number of likely N-dealkylation sites (N-methyl/N-ethyl adjacent to an activating group) is 1. The number of nitrogens with zero attached hydrogens (tertiary/aromatic N) is 3. The van der Waals surface area contributed by atoms with Gasteiger partial charge in [-0.05, 0) is 32.8 Å². The molecule has 1 aliphatic rings. The van der Waals surface area contributed by atoms with Gasteiger partial charge in [-0.2, -0.15) is 0 Å². The summed E-state index contributed by atoms with van der Waals surface area (Å²) in [7, 11) is 0. The first-order valence-corrected chi connectivity index (χ1v) is 8.63. The first-order valence-electron chi connectivity index (χ1n) is 8.63. The molecular formula is C19H25N3O2. The minimum atomic E-state index is -0.0337. The molecule has 0 bridgehead atoms. The highest BCUT2D eigenvalue weighted by atomic mass is 16.5. The van der Waals surface area contributed by atoms with Crippen molar-refractivity contribution in [3.63, 3.8) is 0 Å². The average Bonchev–Trinajstić information content (AvgIpc) is 3.25. The van der Waals surface area contributed by atoms with Crippen molar-refractivity contribution in [3.05, 3.63) is 53.4 Å². The Balaban J connectivity index is 1.68. The number of hydrogen-bond donors (Lipinski definition) is 0. The van der Waals surface area contributed by atoms with Crippen LogP contribution in [0.5, 0.6) is 0 Å². The predicted octanol–water partition coefficient (Wildman–Crippen LogP) is 3.28. The molecule has 24 heavy (non-hydrogen) atoms. The number of rotatable bonds is 5. The lowest BCUT2D eigenvalue weighted by atomic mass is 10.1. The minimum Gasteiger partial charge on any atom is -0.361 e. The zero-order valence-electron chi connectivity index (χ0n) is 14.6. The van der Waals surface area contributed by atoms with Crippen LogP contribution in [0, 0.1) is 6.92 Å². The van der Waals surface area contributed by atoms with Gasteiger partial charge in [-0.25, -0.2) is 0 Å². The monoisotopic (exact) mass is 327 g/mol. The molecule has 1 amide bonds. The second-order valence-electron chi connectivity index (χ2n) is 6.44. The summed E-state index contributed by atoms with van der Waals surface area (Å²) in [6.45, 7) is 8.64. The van der Waals surface area contributed by atoms with E-state index in [9.17, 15) is 4.79 Å². The number of likely N-dealkylation sites (tertiary alicyclic amines) is 1. The summed E-state index contributed by atoms with van der Waals surface area (Å²) in [5.41, 5.74) is 1.73. The molecule has 0 saturated carbocycles. The van der Waals surface area contributed by atoms with E-state index in [1.54, 1.807) is 13.0 Å².